The molecule has 0 aliphatic carbocycles. The summed E-state index contributed by atoms with van der Waals surface area (Å²) in [5.74, 6) is 0.0179. The molecule has 0 saturated heterocycles. The highest BCUT2D eigenvalue weighted by atomic mass is 79.9. The maximum atomic E-state index is 13.3. The van der Waals surface area contributed by atoms with Crippen molar-refractivity contribution in [2.45, 2.75) is 39.2 Å². The molecule has 1 rings (SSSR count). The van der Waals surface area contributed by atoms with Gasteiger partial charge in [-0.25, -0.2) is 4.39 Å². The monoisotopic (exact) mass is 317 g/mol. The summed E-state index contributed by atoms with van der Waals surface area (Å²) in [5, 5.41) is 3.36. The van der Waals surface area contributed by atoms with Gasteiger partial charge in [-0.3, -0.25) is 0 Å². The number of benzene rings is 1. The van der Waals surface area contributed by atoms with Crippen LogP contribution in [0.4, 0.5) is 4.39 Å². The van der Waals surface area contributed by atoms with Gasteiger partial charge in [-0.05, 0) is 44.0 Å². The molecule has 0 aliphatic rings. The predicted molar refractivity (Wildman–Crippen MR) is 76.6 cm³/mol. The summed E-state index contributed by atoms with van der Waals surface area (Å²) in [6, 6.07) is 5.28. The second kappa shape index (κ2) is 8.48. The van der Waals surface area contributed by atoms with Gasteiger partial charge in [0.2, 0.25) is 0 Å². The Hall–Kier alpha value is -0.610. The highest BCUT2D eigenvalue weighted by molar-refractivity contribution is 9.10. The van der Waals surface area contributed by atoms with Gasteiger partial charge in [-0.2, -0.15) is 0 Å². The Bertz CT molecular complexity index is 358. The molecule has 0 fully saturated rings. The van der Waals surface area contributed by atoms with Gasteiger partial charge < -0.3 is 10.1 Å². The van der Waals surface area contributed by atoms with E-state index in [1.165, 1.54) is 6.07 Å². The van der Waals surface area contributed by atoms with Crippen LogP contribution in [0.3, 0.4) is 0 Å². The summed E-state index contributed by atoms with van der Waals surface area (Å²) >= 11 is 3.30. The first-order valence-corrected chi connectivity index (χ1v) is 7.20. The molecule has 4 heteroatoms. The fourth-order valence-corrected chi connectivity index (χ4v) is 1.90. The second-order valence-corrected chi connectivity index (χ2v) is 5.51. The second-order valence-electron chi connectivity index (χ2n) is 4.59. The van der Waals surface area contributed by atoms with Crippen molar-refractivity contribution in [3.05, 3.63) is 28.5 Å². The molecule has 0 saturated carbocycles. The van der Waals surface area contributed by atoms with E-state index < -0.39 is 0 Å². The summed E-state index contributed by atoms with van der Waals surface area (Å²) in [6.07, 6.45) is 3.17. The minimum atomic E-state index is -0.306. The quantitative estimate of drug-likeness (QED) is 0.728. The van der Waals surface area contributed by atoms with E-state index in [2.05, 4.69) is 35.1 Å². The number of nitrogens with one attached hydrogen (secondary N) is 1. The van der Waals surface area contributed by atoms with E-state index in [4.69, 9.17) is 4.74 Å². The van der Waals surface area contributed by atoms with Gasteiger partial charge in [0, 0.05) is 10.5 Å². The number of ether oxygens (including phenoxy) is 1. The first kappa shape index (κ1) is 15.4. The van der Waals surface area contributed by atoms with Crippen LogP contribution in [-0.2, 0) is 0 Å². The zero-order valence-electron chi connectivity index (χ0n) is 11.0. The molecule has 0 unspecified atom stereocenters. The van der Waals surface area contributed by atoms with Gasteiger partial charge in [0.05, 0.1) is 6.61 Å². The first-order chi connectivity index (χ1) is 8.59. The first-order valence-electron chi connectivity index (χ1n) is 6.41. The van der Waals surface area contributed by atoms with E-state index in [0.29, 0.717) is 18.4 Å². The van der Waals surface area contributed by atoms with Gasteiger partial charge in [0.1, 0.15) is 0 Å². The SMILES string of the molecule is CC(C)NCCCCCOc1cc(Br)ccc1F. The third-order valence-electron chi connectivity index (χ3n) is 2.52. The fourth-order valence-electron chi connectivity index (χ4n) is 1.56. The molecule has 1 aromatic carbocycles. The molecule has 0 aromatic heterocycles. The van der Waals surface area contributed by atoms with E-state index in [-0.39, 0.29) is 5.82 Å². The van der Waals surface area contributed by atoms with Gasteiger partial charge >= 0.3 is 0 Å². The molecule has 2 nitrogen and oxygen atoms in total. The van der Waals surface area contributed by atoms with E-state index in [0.717, 1.165) is 30.3 Å². The molecule has 0 atom stereocenters. The normalized spacial score (nSPS) is 10.9. The van der Waals surface area contributed by atoms with Crippen LogP contribution in [-0.4, -0.2) is 19.2 Å². The number of halogens is 2. The van der Waals surface area contributed by atoms with E-state index in [9.17, 15) is 4.39 Å². The van der Waals surface area contributed by atoms with Gasteiger partial charge in [-0.1, -0.05) is 29.8 Å². The van der Waals surface area contributed by atoms with Crippen molar-refractivity contribution in [3.8, 4) is 5.75 Å². The summed E-state index contributed by atoms with van der Waals surface area (Å²) in [4.78, 5) is 0. The third kappa shape index (κ3) is 6.36. The topological polar surface area (TPSA) is 21.3 Å². The summed E-state index contributed by atoms with van der Waals surface area (Å²) in [5.41, 5.74) is 0. The molecular weight excluding hydrogens is 297 g/mol. The van der Waals surface area contributed by atoms with Gasteiger partial charge in [-0.15, -0.1) is 0 Å². The minimum absolute atomic E-state index is 0.306. The molecule has 1 aromatic rings. The molecule has 0 heterocycles. The average Bonchev–Trinajstić information content (AvgIpc) is 2.32. The Kier molecular flexibility index (Phi) is 7.28. The predicted octanol–water partition coefficient (Wildman–Crippen LogP) is 4.14. The minimum Gasteiger partial charge on any atom is -0.490 e. The van der Waals surface area contributed by atoms with Crippen molar-refractivity contribution in [2.24, 2.45) is 0 Å². The summed E-state index contributed by atoms with van der Waals surface area (Å²) in [7, 11) is 0. The largest absolute Gasteiger partial charge is 0.490 e. The standard InChI is InChI=1S/C14H21BrFNO/c1-11(2)17-8-4-3-5-9-18-14-10-12(15)6-7-13(14)16/h6-7,10-11,17H,3-5,8-9H2,1-2H3. The molecule has 18 heavy (non-hydrogen) atoms. The highest BCUT2D eigenvalue weighted by Crippen LogP contribution is 2.22. The van der Waals surface area contributed by atoms with E-state index in [1.807, 2.05) is 0 Å². The van der Waals surface area contributed by atoms with Crippen LogP contribution in [0.5, 0.6) is 5.75 Å². The Labute approximate surface area is 117 Å². The number of unbranched alkanes of at least 4 members (excludes halogenated alkanes) is 2. The zero-order chi connectivity index (χ0) is 13.4. The van der Waals surface area contributed by atoms with Crippen molar-refractivity contribution in [3.63, 3.8) is 0 Å². The molecule has 102 valence electrons. The van der Waals surface area contributed by atoms with E-state index >= 15 is 0 Å². The van der Waals surface area contributed by atoms with E-state index in [1.54, 1.807) is 12.1 Å². The lowest BCUT2D eigenvalue weighted by Gasteiger charge is -2.09. The number of rotatable bonds is 8. The van der Waals surface area contributed by atoms with Crippen molar-refractivity contribution >= 4 is 15.9 Å². The lowest BCUT2D eigenvalue weighted by molar-refractivity contribution is 0.290. The van der Waals surface area contributed by atoms with Crippen molar-refractivity contribution in [2.75, 3.05) is 13.2 Å². The van der Waals surface area contributed by atoms with Crippen LogP contribution in [0.1, 0.15) is 33.1 Å². The Morgan fingerprint density at radius 3 is 2.78 bits per heavy atom. The molecule has 0 bridgehead atoms. The Balaban J connectivity index is 2.12. The zero-order valence-corrected chi connectivity index (χ0v) is 12.6. The van der Waals surface area contributed by atoms with Crippen LogP contribution >= 0.6 is 15.9 Å². The lowest BCUT2D eigenvalue weighted by atomic mass is 10.2. The lowest BCUT2D eigenvalue weighted by Crippen LogP contribution is -2.23. The Morgan fingerprint density at radius 2 is 2.06 bits per heavy atom. The third-order valence-corrected chi connectivity index (χ3v) is 3.02. The van der Waals surface area contributed by atoms with Crippen LogP contribution in [0.15, 0.2) is 22.7 Å². The van der Waals surface area contributed by atoms with Crippen LogP contribution < -0.4 is 10.1 Å². The van der Waals surface area contributed by atoms with Gasteiger partial charge in [0.25, 0.3) is 0 Å². The molecular formula is C14H21BrFNO. The maximum absolute atomic E-state index is 13.3. The van der Waals surface area contributed by atoms with Crippen LogP contribution in [0.2, 0.25) is 0 Å². The van der Waals surface area contributed by atoms with Crippen LogP contribution in [0.25, 0.3) is 0 Å². The molecule has 0 radical (unpaired) electrons. The smallest absolute Gasteiger partial charge is 0.165 e. The summed E-state index contributed by atoms with van der Waals surface area (Å²) < 4.78 is 19.6. The molecule has 0 spiro atoms. The average molecular weight is 318 g/mol. The van der Waals surface area contributed by atoms with Crippen molar-refractivity contribution in [1.82, 2.24) is 5.32 Å². The number of hydrogen-bond donors (Lipinski definition) is 1. The molecule has 0 amide bonds. The molecule has 1 N–H and O–H groups in total. The van der Waals surface area contributed by atoms with Crippen LogP contribution in [0, 0.1) is 5.82 Å². The molecule has 0 aliphatic heterocycles. The maximum Gasteiger partial charge on any atom is 0.165 e. The van der Waals surface area contributed by atoms with Crippen molar-refractivity contribution < 1.29 is 9.13 Å². The highest BCUT2D eigenvalue weighted by Gasteiger charge is 2.03. The summed E-state index contributed by atoms with van der Waals surface area (Å²) in [6.45, 7) is 5.87. The van der Waals surface area contributed by atoms with Gasteiger partial charge in [0.15, 0.2) is 11.6 Å². The Morgan fingerprint density at radius 1 is 1.28 bits per heavy atom. The van der Waals surface area contributed by atoms with Crippen molar-refractivity contribution in [1.29, 1.82) is 0 Å². The fraction of sp³-hybridized carbons (Fsp3) is 0.571. The number of hydrogen-bond acceptors (Lipinski definition) is 2.